The molecule has 110 valence electrons. The molecule has 0 aliphatic carbocycles. The SMILES string of the molecule is Cc1n[nH]c(=S)n(/N=C\c2ccccc2C(F)(F)F)c1=O. The lowest BCUT2D eigenvalue weighted by atomic mass is 10.1. The van der Waals surface area contributed by atoms with E-state index >= 15 is 0 Å². The zero-order valence-electron chi connectivity index (χ0n) is 10.7. The number of nitrogens with zero attached hydrogens (tertiary/aromatic N) is 3. The molecule has 0 bridgehead atoms. The molecule has 1 heterocycles. The highest BCUT2D eigenvalue weighted by molar-refractivity contribution is 7.71. The fourth-order valence-electron chi connectivity index (χ4n) is 1.56. The molecule has 1 aromatic carbocycles. The minimum absolute atomic E-state index is 0.102. The van der Waals surface area contributed by atoms with Crippen molar-refractivity contribution in [3.63, 3.8) is 0 Å². The smallest absolute Gasteiger partial charge is 0.265 e. The van der Waals surface area contributed by atoms with Gasteiger partial charge in [-0.25, -0.2) is 0 Å². The molecule has 1 aromatic heterocycles. The van der Waals surface area contributed by atoms with Crippen molar-refractivity contribution >= 4 is 18.4 Å². The third-order valence-electron chi connectivity index (χ3n) is 2.59. The lowest BCUT2D eigenvalue weighted by Crippen LogP contribution is -2.22. The first-order valence-electron chi connectivity index (χ1n) is 5.69. The topological polar surface area (TPSA) is 63.0 Å². The van der Waals surface area contributed by atoms with Crippen molar-refractivity contribution in [2.24, 2.45) is 5.10 Å². The second kappa shape index (κ2) is 5.60. The predicted molar refractivity (Wildman–Crippen MR) is 72.9 cm³/mol. The van der Waals surface area contributed by atoms with E-state index in [1.165, 1.54) is 25.1 Å². The van der Waals surface area contributed by atoms with Crippen LogP contribution in [0.1, 0.15) is 16.8 Å². The molecular formula is C12H9F3N4OS. The number of alkyl halides is 3. The fraction of sp³-hybridized carbons (Fsp3) is 0.167. The maximum Gasteiger partial charge on any atom is 0.417 e. The Bertz CT molecular complexity index is 807. The zero-order chi connectivity index (χ0) is 15.6. The number of hydrogen-bond acceptors (Lipinski definition) is 4. The molecule has 0 saturated carbocycles. The van der Waals surface area contributed by atoms with Crippen molar-refractivity contribution in [3.05, 3.63) is 56.2 Å². The molecule has 0 aliphatic heterocycles. The number of benzene rings is 1. The molecular weight excluding hydrogens is 305 g/mol. The molecule has 2 aromatic rings. The summed E-state index contributed by atoms with van der Waals surface area (Å²) in [6.45, 7) is 1.43. The number of aromatic nitrogens is 3. The van der Waals surface area contributed by atoms with Crippen molar-refractivity contribution in [2.45, 2.75) is 13.1 Å². The fourth-order valence-corrected chi connectivity index (χ4v) is 1.74. The Morgan fingerprint density at radius 1 is 1.38 bits per heavy atom. The number of H-pyrrole nitrogens is 1. The molecule has 0 atom stereocenters. The normalized spacial score (nSPS) is 12.0. The van der Waals surface area contributed by atoms with Crippen LogP contribution in [0, 0.1) is 11.7 Å². The van der Waals surface area contributed by atoms with Crippen molar-refractivity contribution in [1.82, 2.24) is 14.9 Å². The van der Waals surface area contributed by atoms with Crippen LogP contribution in [-0.2, 0) is 6.18 Å². The van der Waals surface area contributed by atoms with Crippen molar-refractivity contribution in [1.29, 1.82) is 0 Å². The van der Waals surface area contributed by atoms with Gasteiger partial charge in [0.05, 0.1) is 11.8 Å². The highest BCUT2D eigenvalue weighted by Gasteiger charge is 2.32. The van der Waals surface area contributed by atoms with Gasteiger partial charge in [0.25, 0.3) is 5.56 Å². The van der Waals surface area contributed by atoms with Gasteiger partial charge in [-0.05, 0) is 25.2 Å². The van der Waals surface area contributed by atoms with E-state index in [0.717, 1.165) is 17.0 Å². The summed E-state index contributed by atoms with van der Waals surface area (Å²) in [4.78, 5) is 11.8. The lowest BCUT2D eigenvalue weighted by Gasteiger charge is -2.09. The Morgan fingerprint density at radius 2 is 2.05 bits per heavy atom. The maximum atomic E-state index is 12.8. The number of halogens is 3. The van der Waals surface area contributed by atoms with E-state index in [9.17, 15) is 18.0 Å². The van der Waals surface area contributed by atoms with Crippen LogP contribution in [-0.4, -0.2) is 21.1 Å². The van der Waals surface area contributed by atoms with Gasteiger partial charge in [0.15, 0.2) is 0 Å². The minimum Gasteiger partial charge on any atom is -0.265 e. The van der Waals surface area contributed by atoms with E-state index in [-0.39, 0.29) is 16.0 Å². The van der Waals surface area contributed by atoms with Crippen LogP contribution in [0.4, 0.5) is 13.2 Å². The first-order chi connectivity index (χ1) is 9.80. The van der Waals surface area contributed by atoms with E-state index in [0.29, 0.717) is 0 Å². The maximum absolute atomic E-state index is 12.8. The monoisotopic (exact) mass is 314 g/mol. The third-order valence-corrected chi connectivity index (χ3v) is 2.86. The number of aromatic amines is 1. The second-order valence-electron chi connectivity index (χ2n) is 4.06. The zero-order valence-corrected chi connectivity index (χ0v) is 11.5. The average Bonchev–Trinajstić information content (AvgIpc) is 2.42. The summed E-state index contributed by atoms with van der Waals surface area (Å²) in [5.74, 6) is 0. The van der Waals surface area contributed by atoms with Crippen LogP contribution >= 0.6 is 12.2 Å². The predicted octanol–water partition coefficient (Wildman–Crippen LogP) is 2.51. The molecule has 21 heavy (non-hydrogen) atoms. The summed E-state index contributed by atoms with van der Waals surface area (Å²) in [7, 11) is 0. The molecule has 0 amide bonds. The average molecular weight is 314 g/mol. The van der Waals surface area contributed by atoms with Crippen LogP contribution in [0.25, 0.3) is 0 Å². The van der Waals surface area contributed by atoms with Crippen molar-refractivity contribution in [2.75, 3.05) is 0 Å². The Labute approximate surface area is 121 Å². The number of aryl methyl sites for hydroxylation is 1. The van der Waals surface area contributed by atoms with Crippen molar-refractivity contribution < 1.29 is 13.2 Å². The van der Waals surface area contributed by atoms with E-state index in [2.05, 4.69) is 15.3 Å². The molecule has 1 N–H and O–H groups in total. The number of hydrogen-bond donors (Lipinski definition) is 1. The van der Waals surface area contributed by atoms with Gasteiger partial charge in [0, 0.05) is 5.56 Å². The first kappa shape index (κ1) is 15.1. The van der Waals surface area contributed by atoms with Crippen LogP contribution in [0.5, 0.6) is 0 Å². The van der Waals surface area contributed by atoms with Crippen LogP contribution < -0.4 is 5.56 Å². The van der Waals surface area contributed by atoms with Gasteiger partial charge in [0.2, 0.25) is 4.77 Å². The Morgan fingerprint density at radius 3 is 2.71 bits per heavy atom. The van der Waals surface area contributed by atoms with E-state index in [1.54, 1.807) is 0 Å². The van der Waals surface area contributed by atoms with Gasteiger partial charge in [-0.2, -0.15) is 28.0 Å². The molecule has 0 aliphatic rings. The van der Waals surface area contributed by atoms with Gasteiger partial charge in [-0.1, -0.05) is 18.2 Å². The standard InChI is InChI=1S/C12H9F3N4OS/c1-7-10(20)19(11(21)18-17-7)16-6-8-4-2-3-5-9(8)12(13,14)15/h2-6H,1H3,(H,18,21)/b16-6-. The molecule has 2 rings (SSSR count). The third kappa shape index (κ3) is 3.24. The highest BCUT2D eigenvalue weighted by atomic mass is 32.1. The molecule has 5 nitrogen and oxygen atoms in total. The first-order valence-corrected chi connectivity index (χ1v) is 6.10. The van der Waals surface area contributed by atoms with Crippen molar-refractivity contribution in [3.8, 4) is 0 Å². The van der Waals surface area contributed by atoms with Crippen LogP contribution in [0.2, 0.25) is 0 Å². The Kier molecular flexibility index (Phi) is 4.03. The van der Waals surface area contributed by atoms with Crippen LogP contribution in [0.3, 0.4) is 0 Å². The van der Waals surface area contributed by atoms with Gasteiger partial charge >= 0.3 is 6.18 Å². The van der Waals surface area contributed by atoms with E-state index < -0.39 is 17.3 Å². The molecule has 9 heteroatoms. The molecule has 0 spiro atoms. The van der Waals surface area contributed by atoms with Gasteiger partial charge < -0.3 is 0 Å². The van der Waals surface area contributed by atoms with Gasteiger partial charge in [0.1, 0.15) is 5.69 Å². The summed E-state index contributed by atoms with van der Waals surface area (Å²) < 4.78 is 39.2. The van der Waals surface area contributed by atoms with Gasteiger partial charge in [-0.3, -0.25) is 9.89 Å². The molecule has 0 unspecified atom stereocenters. The summed E-state index contributed by atoms with van der Waals surface area (Å²) in [6, 6.07) is 4.90. The summed E-state index contributed by atoms with van der Waals surface area (Å²) in [6.07, 6.45) is -3.57. The Balaban J connectivity index is 2.52. The summed E-state index contributed by atoms with van der Waals surface area (Å²) >= 11 is 4.83. The van der Waals surface area contributed by atoms with E-state index in [4.69, 9.17) is 12.2 Å². The minimum atomic E-state index is -4.51. The quantitative estimate of drug-likeness (QED) is 0.684. The molecule has 0 radical (unpaired) electrons. The van der Waals surface area contributed by atoms with Crippen LogP contribution in [0.15, 0.2) is 34.2 Å². The van der Waals surface area contributed by atoms with E-state index in [1.807, 2.05) is 0 Å². The molecule has 0 fully saturated rings. The number of nitrogens with one attached hydrogen (secondary N) is 1. The lowest BCUT2D eigenvalue weighted by molar-refractivity contribution is -0.137. The summed E-state index contributed by atoms with van der Waals surface area (Å²) in [5.41, 5.74) is -1.51. The molecule has 0 saturated heterocycles. The Hall–Kier alpha value is -2.29. The number of rotatable bonds is 2. The summed E-state index contributed by atoms with van der Waals surface area (Å²) in [5, 5.41) is 9.73. The highest BCUT2D eigenvalue weighted by Crippen LogP contribution is 2.31. The second-order valence-corrected chi connectivity index (χ2v) is 4.45. The van der Waals surface area contributed by atoms with Gasteiger partial charge in [-0.15, -0.1) is 0 Å². The largest absolute Gasteiger partial charge is 0.417 e.